The van der Waals surface area contributed by atoms with Gasteiger partial charge in [0.2, 0.25) is 5.82 Å². The zero-order chi connectivity index (χ0) is 33.5. The second-order valence-electron chi connectivity index (χ2n) is 11.1. The molecule has 0 bridgehead atoms. The molecule has 3 aromatic rings. The number of hydrogen-bond acceptors (Lipinski definition) is 7. The van der Waals surface area contributed by atoms with Gasteiger partial charge in [-0.2, -0.15) is 0 Å². The van der Waals surface area contributed by atoms with Crippen LogP contribution in [0.5, 0.6) is 0 Å². The van der Waals surface area contributed by atoms with Crippen molar-refractivity contribution in [2.45, 2.75) is 103 Å². The Morgan fingerprint density at radius 3 is 2.00 bits per heavy atom. The normalized spacial score (nSPS) is 13.5. The number of nitrogens with zero attached hydrogens (tertiary/aromatic N) is 4. The van der Waals surface area contributed by atoms with Gasteiger partial charge in [0, 0.05) is 6.42 Å². The summed E-state index contributed by atoms with van der Waals surface area (Å²) in [6.07, 6.45) is 14.2. The summed E-state index contributed by atoms with van der Waals surface area (Å²) < 4.78 is 91.5. The summed E-state index contributed by atoms with van der Waals surface area (Å²) in [7, 11) is -3.86. The Kier molecular flexibility index (Phi) is 15.3. The summed E-state index contributed by atoms with van der Waals surface area (Å²) in [5.74, 6) is -5.12. The number of imidazole rings is 1. The predicted octanol–water partition coefficient (Wildman–Crippen LogP) is 7.79. The van der Waals surface area contributed by atoms with Crippen LogP contribution in [0.2, 0.25) is 0 Å². The van der Waals surface area contributed by atoms with Crippen molar-refractivity contribution in [2.75, 3.05) is 18.7 Å². The quantitative estimate of drug-likeness (QED) is 0.0311. The molecule has 1 unspecified atom stereocenters. The van der Waals surface area contributed by atoms with Gasteiger partial charge < -0.3 is 24.5 Å². The van der Waals surface area contributed by atoms with Crippen LogP contribution < -0.4 is 5.73 Å². The number of benzene rings is 1. The maximum Gasteiger partial charge on any atom is 0.353 e. The van der Waals surface area contributed by atoms with E-state index in [1.54, 1.807) is 17.8 Å². The largest absolute Gasteiger partial charge is 0.382 e. The van der Waals surface area contributed by atoms with Crippen LogP contribution in [0.3, 0.4) is 0 Å². The Labute approximate surface area is 265 Å². The Morgan fingerprint density at radius 1 is 0.848 bits per heavy atom. The van der Waals surface area contributed by atoms with Crippen molar-refractivity contribution in [3.05, 3.63) is 47.3 Å². The Bertz CT molecular complexity index is 1500. The van der Waals surface area contributed by atoms with Gasteiger partial charge in [0.25, 0.3) is 0 Å². The lowest BCUT2D eigenvalue weighted by Gasteiger charge is -2.17. The van der Waals surface area contributed by atoms with Gasteiger partial charge in [0.1, 0.15) is 23.8 Å². The summed E-state index contributed by atoms with van der Waals surface area (Å²) in [5.41, 5.74) is 5.76. The molecule has 0 saturated carbocycles. The smallest absolute Gasteiger partial charge is 0.353 e. The van der Waals surface area contributed by atoms with Gasteiger partial charge in [-0.15, -0.1) is 0 Å². The number of anilines is 1. The van der Waals surface area contributed by atoms with Gasteiger partial charge in [0.05, 0.1) is 25.6 Å². The molecule has 9 nitrogen and oxygen atoms in total. The zero-order valence-corrected chi connectivity index (χ0v) is 26.8. The topological polar surface area (TPSA) is 125 Å². The molecule has 2 atom stereocenters. The first kappa shape index (κ1) is 37.3. The third-order valence-corrected chi connectivity index (χ3v) is 8.38. The van der Waals surface area contributed by atoms with E-state index in [1.807, 2.05) is 0 Å². The molecule has 2 heterocycles. The average Bonchev–Trinajstić information content (AvgIpc) is 3.44. The van der Waals surface area contributed by atoms with Gasteiger partial charge in [-0.1, -0.05) is 76.0 Å². The highest BCUT2D eigenvalue weighted by Gasteiger charge is 2.25. The fraction of sp³-hybridized carbons (Fsp3) is 0.581. The molecule has 0 amide bonds. The molecule has 0 aliphatic heterocycles. The minimum absolute atomic E-state index is 0.191. The fourth-order valence-electron chi connectivity index (χ4n) is 4.78. The second kappa shape index (κ2) is 18.9. The van der Waals surface area contributed by atoms with E-state index in [9.17, 15) is 31.4 Å². The molecule has 0 radical (unpaired) electrons. The lowest BCUT2D eigenvalue weighted by molar-refractivity contribution is 0.0715. The summed E-state index contributed by atoms with van der Waals surface area (Å²) >= 11 is 0. The summed E-state index contributed by atoms with van der Waals surface area (Å²) in [5, 5.41) is 0. The molecule has 46 heavy (non-hydrogen) atoms. The van der Waals surface area contributed by atoms with E-state index in [0.717, 1.165) is 64.2 Å². The predicted molar refractivity (Wildman–Crippen MR) is 164 cm³/mol. The van der Waals surface area contributed by atoms with Gasteiger partial charge in [-0.3, -0.25) is 4.57 Å². The molecule has 0 fully saturated rings. The number of halogens is 5. The SMILES string of the molecule is C[C@H](Cn1cnc2c(N)ncnc21)OCP(=O)(O)OCCCCCCCCCCCCCCC#Cc1c(F)c(F)c(F)c(F)c1F. The van der Waals surface area contributed by atoms with E-state index in [2.05, 4.69) is 26.8 Å². The summed E-state index contributed by atoms with van der Waals surface area (Å²) in [6, 6.07) is 0. The van der Waals surface area contributed by atoms with Gasteiger partial charge in [0.15, 0.2) is 34.7 Å². The van der Waals surface area contributed by atoms with Crippen LogP contribution in [-0.4, -0.2) is 43.5 Å². The number of unbranched alkanes of at least 4 members (excludes halogenated alkanes) is 12. The second-order valence-corrected chi connectivity index (χ2v) is 12.9. The van der Waals surface area contributed by atoms with Gasteiger partial charge in [-0.25, -0.2) is 36.9 Å². The third-order valence-electron chi connectivity index (χ3n) is 7.32. The van der Waals surface area contributed by atoms with Crippen LogP contribution in [0.25, 0.3) is 11.2 Å². The molecule has 0 aliphatic carbocycles. The molecule has 3 rings (SSSR count). The molecule has 15 heteroatoms. The maximum absolute atomic E-state index is 13.6. The van der Waals surface area contributed by atoms with Crippen molar-refractivity contribution < 1.29 is 40.7 Å². The van der Waals surface area contributed by atoms with Crippen molar-refractivity contribution in [1.82, 2.24) is 19.5 Å². The monoisotopic (exact) mass is 673 g/mol. The Morgan fingerprint density at radius 2 is 1.39 bits per heavy atom. The van der Waals surface area contributed by atoms with E-state index in [1.165, 1.54) is 6.33 Å². The number of aromatic nitrogens is 4. The number of nitrogen functional groups attached to an aromatic ring is 1. The van der Waals surface area contributed by atoms with E-state index in [-0.39, 0.29) is 18.5 Å². The van der Waals surface area contributed by atoms with Crippen molar-refractivity contribution in [1.29, 1.82) is 0 Å². The fourth-order valence-corrected chi connectivity index (χ4v) is 5.71. The molecule has 0 spiro atoms. The minimum atomic E-state index is -3.86. The lowest BCUT2D eigenvalue weighted by Crippen LogP contribution is -2.17. The zero-order valence-electron chi connectivity index (χ0n) is 25.9. The van der Waals surface area contributed by atoms with Crippen molar-refractivity contribution >= 4 is 24.6 Å². The molecule has 3 N–H and O–H groups in total. The van der Waals surface area contributed by atoms with Crippen LogP contribution in [0.15, 0.2) is 12.7 Å². The average molecular weight is 674 g/mol. The highest BCUT2D eigenvalue weighted by atomic mass is 31.2. The number of rotatable bonds is 20. The number of hydrogen-bond donors (Lipinski definition) is 2. The molecule has 0 saturated heterocycles. The minimum Gasteiger partial charge on any atom is -0.382 e. The van der Waals surface area contributed by atoms with E-state index < -0.39 is 48.6 Å². The van der Waals surface area contributed by atoms with Gasteiger partial charge in [-0.05, 0) is 19.8 Å². The lowest BCUT2D eigenvalue weighted by atomic mass is 10.0. The standard InChI is InChI=1S/C31H41F5N5O4P/c1-22(18-41-20-40-29-30(37)38-19-39-31(29)41)44-21-46(42,43)45-17-15-13-11-9-7-5-3-2-4-6-8-10-12-14-16-23-24(32)26(34)28(36)27(35)25(23)33/h19-20,22H,2-13,15,17-18,21H2,1H3,(H,42,43)(H2,37,38,39)/t22-/m1/s1. The molecule has 0 aliphatic rings. The summed E-state index contributed by atoms with van der Waals surface area (Å²) in [4.78, 5) is 22.3. The van der Waals surface area contributed by atoms with Crippen molar-refractivity contribution in [3.63, 3.8) is 0 Å². The highest BCUT2D eigenvalue weighted by Crippen LogP contribution is 2.42. The van der Waals surface area contributed by atoms with E-state index in [0.29, 0.717) is 37.0 Å². The van der Waals surface area contributed by atoms with Crippen LogP contribution in [0.4, 0.5) is 27.8 Å². The maximum atomic E-state index is 13.6. The van der Waals surface area contributed by atoms with Crippen molar-refractivity contribution in [2.24, 2.45) is 0 Å². The number of fused-ring (bicyclic) bond motifs is 1. The van der Waals surface area contributed by atoms with Gasteiger partial charge >= 0.3 is 7.60 Å². The van der Waals surface area contributed by atoms with E-state index >= 15 is 0 Å². The molecular formula is C31H41F5N5O4P. The van der Waals surface area contributed by atoms with Crippen LogP contribution >= 0.6 is 7.60 Å². The summed E-state index contributed by atoms with van der Waals surface area (Å²) in [6.45, 7) is 2.34. The van der Waals surface area contributed by atoms with Crippen molar-refractivity contribution in [3.8, 4) is 11.8 Å². The molecule has 2 aromatic heterocycles. The Hall–Kier alpha value is -3.11. The molecule has 254 valence electrons. The number of ether oxygens (including phenoxy) is 1. The van der Waals surface area contributed by atoms with Crippen LogP contribution in [0, 0.1) is 40.9 Å². The molecule has 1 aromatic carbocycles. The first-order chi connectivity index (χ1) is 22.0. The first-order valence-corrected chi connectivity index (χ1v) is 17.3. The molecular weight excluding hydrogens is 632 g/mol. The van der Waals surface area contributed by atoms with Crippen LogP contribution in [0.1, 0.15) is 96.0 Å². The highest BCUT2D eigenvalue weighted by molar-refractivity contribution is 7.52. The third kappa shape index (κ3) is 11.6. The Balaban J connectivity index is 1.13. The van der Waals surface area contributed by atoms with E-state index in [4.69, 9.17) is 15.0 Å². The number of nitrogens with two attached hydrogens (primary N) is 1. The van der Waals surface area contributed by atoms with Crippen LogP contribution in [-0.2, 0) is 20.4 Å². The first-order valence-electron chi connectivity index (χ1n) is 15.5.